The molecule has 1 aliphatic rings. The molecule has 0 aliphatic carbocycles. The molecule has 0 bridgehead atoms. The van der Waals surface area contributed by atoms with Crippen LogP contribution in [0.2, 0.25) is 0 Å². The second kappa shape index (κ2) is 8.34. The fourth-order valence-electron chi connectivity index (χ4n) is 2.67. The van der Waals surface area contributed by atoms with Crippen LogP contribution in [0.1, 0.15) is 13.8 Å². The minimum Gasteiger partial charge on any atom is -0.497 e. The average Bonchev–Trinajstić information content (AvgIpc) is 2.61. The number of piperazine rings is 1. The summed E-state index contributed by atoms with van der Waals surface area (Å²) in [6.45, 7) is 7.78. The van der Waals surface area contributed by atoms with Crippen molar-refractivity contribution in [3.8, 4) is 11.8 Å². The number of rotatable bonds is 7. The predicted molar refractivity (Wildman–Crippen MR) is 93.3 cm³/mol. The molecule has 1 aliphatic heterocycles. The molecule has 0 saturated carbocycles. The Morgan fingerprint density at radius 3 is 2.38 bits per heavy atom. The van der Waals surface area contributed by atoms with E-state index in [9.17, 15) is 5.11 Å². The van der Waals surface area contributed by atoms with Gasteiger partial charge in [0, 0.05) is 38.4 Å². The first kappa shape index (κ1) is 18.5. The number of hydrogen-bond acceptors (Lipinski definition) is 6. The Labute approximate surface area is 144 Å². The van der Waals surface area contributed by atoms with Crippen molar-refractivity contribution in [3.05, 3.63) is 24.3 Å². The molecule has 2 rings (SSSR count). The number of nitriles is 1. The molecule has 6 nitrogen and oxygen atoms in total. The molecule has 132 valence electrons. The third kappa shape index (κ3) is 5.38. The van der Waals surface area contributed by atoms with Crippen LogP contribution in [-0.4, -0.2) is 68.2 Å². The van der Waals surface area contributed by atoms with E-state index < -0.39 is 11.7 Å². The summed E-state index contributed by atoms with van der Waals surface area (Å²) in [5, 5.41) is 19.0. The van der Waals surface area contributed by atoms with Gasteiger partial charge in [0.1, 0.15) is 11.4 Å². The summed E-state index contributed by atoms with van der Waals surface area (Å²) in [5.41, 5.74) is 0.337. The molecule has 1 heterocycles. The average molecular weight is 333 g/mol. The minimum atomic E-state index is -0.853. The molecule has 0 spiro atoms. The lowest BCUT2D eigenvalue weighted by atomic mass is 10.2. The van der Waals surface area contributed by atoms with Crippen molar-refractivity contribution >= 4 is 5.69 Å². The number of nitrogens with zero attached hydrogens (tertiary/aromatic N) is 3. The van der Waals surface area contributed by atoms with E-state index in [2.05, 4.69) is 28.0 Å². The van der Waals surface area contributed by atoms with Crippen molar-refractivity contribution < 1.29 is 14.6 Å². The monoisotopic (exact) mass is 333 g/mol. The van der Waals surface area contributed by atoms with E-state index in [1.807, 2.05) is 12.1 Å². The minimum absolute atomic E-state index is 0.180. The van der Waals surface area contributed by atoms with Crippen LogP contribution in [0.5, 0.6) is 5.75 Å². The molecule has 1 N–H and O–H groups in total. The van der Waals surface area contributed by atoms with Crippen LogP contribution < -0.4 is 9.64 Å². The lowest BCUT2D eigenvalue weighted by Gasteiger charge is -2.37. The Kier molecular flexibility index (Phi) is 6.44. The maximum Gasteiger partial charge on any atom is 0.148 e. The van der Waals surface area contributed by atoms with Gasteiger partial charge in [-0.1, -0.05) is 0 Å². The van der Waals surface area contributed by atoms with Crippen LogP contribution >= 0.6 is 0 Å². The van der Waals surface area contributed by atoms with Crippen LogP contribution in [0.4, 0.5) is 5.69 Å². The molecule has 24 heavy (non-hydrogen) atoms. The van der Waals surface area contributed by atoms with Gasteiger partial charge in [-0.05, 0) is 38.1 Å². The van der Waals surface area contributed by atoms with E-state index in [4.69, 9.17) is 14.7 Å². The van der Waals surface area contributed by atoms with Crippen molar-refractivity contribution in [1.29, 1.82) is 5.26 Å². The lowest BCUT2D eigenvalue weighted by Crippen LogP contribution is -2.49. The van der Waals surface area contributed by atoms with Crippen LogP contribution in [-0.2, 0) is 4.74 Å². The number of hydrogen-bond donors (Lipinski definition) is 1. The zero-order valence-electron chi connectivity index (χ0n) is 14.7. The van der Waals surface area contributed by atoms with E-state index in [1.54, 1.807) is 21.0 Å². The SMILES string of the molecule is COc1ccc(N2CCN(CC(O)COC(C)(C)C#N)CC2)cc1. The van der Waals surface area contributed by atoms with E-state index in [0.29, 0.717) is 6.54 Å². The molecular formula is C18H27N3O3. The molecule has 1 aromatic carbocycles. The number of ether oxygens (including phenoxy) is 2. The van der Waals surface area contributed by atoms with Gasteiger partial charge in [-0.15, -0.1) is 0 Å². The quantitative estimate of drug-likeness (QED) is 0.815. The van der Waals surface area contributed by atoms with Gasteiger partial charge in [-0.3, -0.25) is 4.90 Å². The van der Waals surface area contributed by atoms with Crippen LogP contribution in [0.25, 0.3) is 0 Å². The predicted octanol–water partition coefficient (Wildman–Crippen LogP) is 1.50. The van der Waals surface area contributed by atoms with Gasteiger partial charge in [0.25, 0.3) is 0 Å². The fraction of sp³-hybridized carbons (Fsp3) is 0.611. The maximum atomic E-state index is 10.1. The summed E-state index contributed by atoms with van der Waals surface area (Å²) in [6, 6.07) is 10.2. The molecule has 1 atom stereocenters. The van der Waals surface area contributed by atoms with E-state index in [-0.39, 0.29) is 6.61 Å². The van der Waals surface area contributed by atoms with Gasteiger partial charge >= 0.3 is 0 Å². The zero-order chi connectivity index (χ0) is 17.6. The molecule has 1 aromatic rings. The molecule has 6 heteroatoms. The lowest BCUT2D eigenvalue weighted by molar-refractivity contribution is -0.0385. The number of β-amino-alcohol motifs (C(OH)–C–C–N with tert-alkyl or cyclic N) is 1. The highest BCUT2D eigenvalue weighted by Crippen LogP contribution is 2.20. The van der Waals surface area contributed by atoms with Crippen molar-refractivity contribution in [2.24, 2.45) is 0 Å². The van der Waals surface area contributed by atoms with Gasteiger partial charge in [0.15, 0.2) is 0 Å². The second-order valence-electron chi connectivity index (χ2n) is 6.57. The Morgan fingerprint density at radius 2 is 1.83 bits per heavy atom. The van der Waals surface area contributed by atoms with E-state index in [1.165, 1.54) is 5.69 Å². The molecule has 1 unspecified atom stereocenters. The highest BCUT2D eigenvalue weighted by molar-refractivity contribution is 5.49. The Morgan fingerprint density at radius 1 is 1.21 bits per heavy atom. The summed E-state index contributed by atoms with van der Waals surface area (Å²) < 4.78 is 10.6. The van der Waals surface area contributed by atoms with Gasteiger partial charge in [-0.25, -0.2) is 0 Å². The van der Waals surface area contributed by atoms with Gasteiger partial charge in [-0.2, -0.15) is 5.26 Å². The summed E-state index contributed by atoms with van der Waals surface area (Å²) >= 11 is 0. The molecule has 0 aromatic heterocycles. The molecule has 1 fully saturated rings. The standard InChI is InChI=1S/C18H27N3O3/c1-18(2,14-19)24-13-16(22)12-20-8-10-21(11-9-20)15-4-6-17(23-3)7-5-15/h4-7,16,22H,8-13H2,1-3H3. The Hall–Kier alpha value is -1.81. The normalized spacial score (nSPS) is 17.4. The third-order valence-corrected chi connectivity index (χ3v) is 4.18. The van der Waals surface area contributed by atoms with Crippen LogP contribution in [0, 0.1) is 11.3 Å². The molecule has 0 radical (unpaired) electrons. The zero-order valence-corrected chi connectivity index (χ0v) is 14.7. The highest BCUT2D eigenvalue weighted by atomic mass is 16.5. The van der Waals surface area contributed by atoms with Crippen molar-refractivity contribution in [2.75, 3.05) is 51.3 Å². The largest absolute Gasteiger partial charge is 0.497 e. The first-order valence-electron chi connectivity index (χ1n) is 8.28. The first-order chi connectivity index (χ1) is 11.4. The number of methoxy groups -OCH3 is 1. The Bertz CT molecular complexity index is 546. The smallest absolute Gasteiger partial charge is 0.148 e. The van der Waals surface area contributed by atoms with Crippen molar-refractivity contribution in [1.82, 2.24) is 4.90 Å². The fourth-order valence-corrected chi connectivity index (χ4v) is 2.67. The topological polar surface area (TPSA) is 69.0 Å². The van der Waals surface area contributed by atoms with Crippen molar-refractivity contribution in [2.45, 2.75) is 25.6 Å². The number of benzene rings is 1. The highest BCUT2D eigenvalue weighted by Gasteiger charge is 2.22. The summed E-state index contributed by atoms with van der Waals surface area (Å²) in [6.07, 6.45) is -0.579. The number of aliphatic hydroxyl groups excluding tert-OH is 1. The summed E-state index contributed by atoms with van der Waals surface area (Å²) in [5.74, 6) is 0.862. The molecular weight excluding hydrogens is 306 g/mol. The van der Waals surface area contributed by atoms with Crippen LogP contribution in [0.15, 0.2) is 24.3 Å². The van der Waals surface area contributed by atoms with Gasteiger partial charge in [0.05, 0.1) is 25.9 Å². The van der Waals surface area contributed by atoms with Crippen molar-refractivity contribution in [3.63, 3.8) is 0 Å². The molecule has 0 amide bonds. The van der Waals surface area contributed by atoms with Gasteiger partial charge < -0.3 is 19.5 Å². The third-order valence-electron chi connectivity index (χ3n) is 4.18. The van der Waals surface area contributed by atoms with E-state index >= 15 is 0 Å². The van der Waals surface area contributed by atoms with Gasteiger partial charge in [0.2, 0.25) is 0 Å². The van der Waals surface area contributed by atoms with Crippen LogP contribution in [0.3, 0.4) is 0 Å². The van der Waals surface area contributed by atoms with E-state index in [0.717, 1.165) is 31.9 Å². The number of anilines is 1. The second-order valence-corrected chi connectivity index (χ2v) is 6.57. The first-order valence-corrected chi connectivity index (χ1v) is 8.28. The maximum absolute atomic E-state index is 10.1. The number of aliphatic hydroxyl groups is 1. The molecule has 1 saturated heterocycles. The Balaban J connectivity index is 1.75. The summed E-state index contributed by atoms with van der Waals surface area (Å²) in [4.78, 5) is 4.56. The summed E-state index contributed by atoms with van der Waals surface area (Å²) in [7, 11) is 1.67.